The third-order valence-electron chi connectivity index (χ3n) is 4.47. The SMILES string of the molecule is COCCOc1ccccc1C(=O)NC(CN)C1CCCCC1. The molecule has 5 nitrogen and oxygen atoms in total. The van der Waals surface area contributed by atoms with Crippen molar-refractivity contribution in [2.75, 3.05) is 26.9 Å². The Morgan fingerprint density at radius 1 is 1.26 bits per heavy atom. The van der Waals surface area contributed by atoms with E-state index in [9.17, 15) is 4.79 Å². The Morgan fingerprint density at radius 3 is 2.70 bits per heavy atom. The largest absolute Gasteiger partial charge is 0.490 e. The number of benzene rings is 1. The van der Waals surface area contributed by atoms with Crippen LogP contribution in [0.4, 0.5) is 0 Å². The average Bonchev–Trinajstić information content (AvgIpc) is 2.61. The maximum Gasteiger partial charge on any atom is 0.255 e. The van der Waals surface area contributed by atoms with Gasteiger partial charge in [0.25, 0.3) is 5.91 Å². The number of nitrogens with one attached hydrogen (secondary N) is 1. The first kappa shape index (κ1) is 17.8. The van der Waals surface area contributed by atoms with Crippen LogP contribution in [0.3, 0.4) is 0 Å². The van der Waals surface area contributed by atoms with E-state index in [0.717, 1.165) is 12.8 Å². The lowest BCUT2D eigenvalue weighted by Gasteiger charge is -2.30. The number of para-hydroxylation sites is 1. The van der Waals surface area contributed by atoms with Crippen LogP contribution in [-0.4, -0.2) is 38.8 Å². The van der Waals surface area contributed by atoms with Crippen LogP contribution in [0.5, 0.6) is 5.75 Å². The monoisotopic (exact) mass is 320 g/mol. The third kappa shape index (κ3) is 5.22. The van der Waals surface area contributed by atoms with Crippen LogP contribution in [0.2, 0.25) is 0 Å². The fourth-order valence-corrected chi connectivity index (χ4v) is 3.17. The smallest absolute Gasteiger partial charge is 0.255 e. The molecule has 3 N–H and O–H groups in total. The predicted molar refractivity (Wildman–Crippen MR) is 90.7 cm³/mol. The molecule has 1 aromatic rings. The topological polar surface area (TPSA) is 73.6 Å². The van der Waals surface area contributed by atoms with E-state index in [4.69, 9.17) is 15.2 Å². The number of amides is 1. The first-order chi connectivity index (χ1) is 11.3. The highest BCUT2D eigenvalue weighted by Gasteiger charge is 2.25. The first-order valence-corrected chi connectivity index (χ1v) is 8.48. The molecule has 1 unspecified atom stereocenters. The molecule has 5 heteroatoms. The third-order valence-corrected chi connectivity index (χ3v) is 4.47. The van der Waals surface area contributed by atoms with Crippen molar-refractivity contribution < 1.29 is 14.3 Å². The maximum absolute atomic E-state index is 12.6. The maximum atomic E-state index is 12.6. The molecule has 23 heavy (non-hydrogen) atoms. The van der Waals surface area contributed by atoms with Crippen molar-refractivity contribution in [2.45, 2.75) is 38.1 Å². The van der Waals surface area contributed by atoms with Gasteiger partial charge >= 0.3 is 0 Å². The standard InChI is InChI=1S/C18H28N2O3/c1-22-11-12-23-17-10-6-5-9-15(17)18(21)20-16(13-19)14-7-3-2-4-8-14/h5-6,9-10,14,16H,2-4,7-8,11-13,19H2,1H3,(H,20,21). The number of ether oxygens (including phenoxy) is 2. The van der Waals surface area contributed by atoms with E-state index in [1.807, 2.05) is 18.2 Å². The van der Waals surface area contributed by atoms with E-state index in [-0.39, 0.29) is 11.9 Å². The van der Waals surface area contributed by atoms with E-state index in [1.165, 1.54) is 19.3 Å². The van der Waals surface area contributed by atoms with Crippen LogP contribution in [0.25, 0.3) is 0 Å². The second-order valence-corrected chi connectivity index (χ2v) is 6.05. The summed E-state index contributed by atoms with van der Waals surface area (Å²) in [6.07, 6.45) is 6.04. The van der Waals surface area contributed by atoms with Crippen LogP contribution >= 0.6 is 0 Å². The molecular formula is C18H28N2O3. The van der Waals surface area contributed by atoms with E-state index >= 15 is 0 Å². The number of nitrogens with two attached hydrogens (primary N) is 1. The highest BCUT2D eigenvalue weighted by molar-refractivity contribution is 5.97. The van der Waals surface area contributed by atoms with E-state index in [2.05, 4.69) is 5.32 Å². The fourth-order valence-electron chi connectivity index (χ4n) is 3.17. The minimum Gasteiger partial charge on any atom is -0.490 e. The van der Waals surface area contributed by atoms with Crippen LogP contribution in [0.1, 0.15) is 42.5 Å². The Hall–Kier alpha value is -1.59. The zero-order valence-corrected chi connectivity index (χ0v) is 13.9. The Kier molecular flexibility index (Phi) is 7.36. The summed E-state index contributed by atoms with van der Waals surface area (Å²) in [4.78, 5) is 12.6. The highest BCUT2D eigenvalue weighted by Crippen LogP contribution is 2.27. The summed E-state index contributed by atoms with van der Waals surface area (Å²) in [5.74, 6) is 0.958. The van der Waals surface area contributed by atoms with Crippen molar-refractivity contribution in [1.29, 1.82) is 0 Å². The van der Waals surface area contributed by atoms with Crippen LogP contribution in [0, 0.1) is 5.92 Å². The van der Waals surface area contributed by atoms with Crippen molar-refractivity contribution in [2.24, 2.45) is 11.7 Å². The number of hydrogen-bond acceptors (Lipinski definition) is 4. The molecule has 1 aromatic carbocycles. The van der Waals surface area contributed by atoms with E-state index in [1.54, 1.807) is 13.2 Å². The number of methoxy groups -OCH3 is 1. The van der Waals surface area contributed by atoms with Crippen molar-refractivity contribution in [1.82, 2.24) is 5.32 Å². The van der Waals surface area contributed by atoms with Gasteiger partial charge in [0.15, 0.2) is 0 Å². The minimum atomic E-state index is -0.112. The Labute approximate surface area is 138 Å². The molecular weight excluding hydrogens is 292 g/mol. The van der Waals surface area contributed by atoms with Gasteiger partial charge in [-0.25, -0.2) is 0 Å². The molecule has 1 amide bonds. The van der Waals surface area contributed by atoms with Crippen LogP contribution in [-0.2, 0) is 4.74 Å². The molecule has 128 valence electrons. The molecule has 0 bridgehead atoms. The Bertz CT molecular complexity index is 487. The van der Waals surface area contributed by atoms with Gasteiger partial charge in [0.2, 0.25) is 0 Å². The van der Waals surface area contributed by atoms with E-state index < -0.39 is 0 Å². The van der Waals surface area contributed by atoms with Gasteiger partial charge < -0.3 is 20.5 Å². The van der Waals surface area contributed by atoms with Gasteiger partial charge in [-0.1, -0.05) is 31.4 Å². The number of rotatable bonds is 8. The molecule has 1 aliphatic carbocycles. The van der Waals surface area contributed by atoms with Gasteiger partial charge in [-0.05, 0) is 30.9 Å². The number of carbonyl (C=O) groups excluding carboxylic acids is 1. The molecule has 0 spiro atoms. The summed E-state index contributed by atoms with van der Waals surface area (Å²) < 4.78 is 10.6. The van der Waals surface area contributed by atoms with Crippen molar-refractivity contribution >= 4 is 5.91 Å². The summed E-state index contributed by atoms with van der Waals surface area (Å²) in [6, 6.07) is 7.33. The van der Waals surface area contributed by atoms with Gasteiger partial charge in [-0.3, -0.25) is 4.79 Å². The molecule has 0 saturated heterocycles. The molecule has 0 heterocycles. The van der Waals surface area contributed by atoms with Crippen LogP contribution in [0.15, 0.2) is 24.3 Å². The van der Waals surface area contributed by atoms with Gasteiger partial charge in [0.1, 0.15) is 12.4 Å². The van der Waals surface area contributed by atoms with Gasteiger partial charge in [0.05, 0.1) is 12.2 Å². The molecule has 0 radical (unpaired) electrons. The second-order valence-electron chi connectivity index (χ2n) is 6.05. The summed E-state index contributed by atoms with van der Waals surface area (Å²) in [5, 5.41) is 3.11. The predicted octanol–water partition coefficient (Wildman–Crippen LogP) is 2.35. The van der Waals surface area contributed by atoms with Gasteiger partial charge in [-0.15, -0.1) is 0 Å². The van der Waals surface area contributed by atoms with Gasteiger partial charge in [-0.2, -0.15) is 0 Å². The first-order valence-electron chi connectivity index (χ1n) is 8.48. The van der Waals surface area contributed by atoms with E-state index in [0.29, 0.717) is 37.0 Å². The van der Waals surface area contributed by atoms with Crippen molar-refractivity contribution in [3.63, 3.8) is 0 Å². The lowest BCUT2D eigenvalue weighted by molar-refractivity contribution is 0.0908. The molecule has 0 aliphatic heterocycles. The minimum absolute atomic E-state index is 0.0369. The fraction of sp³-hybridized carbons (Fsp3) is 0.611. The zero-order chi connectivity index (χ0) is 16.5. The van der Waals surface area contributed by atoms with Gasteiger partial charge in [0, 0.05) is 19.7 Å². The summed E-state index contributed by atoms with van der Waals surface area (Å²) in [6.45, 7) is 1.39. The molecule has 0 aromatic heterocycles. The zero-order valence-electron chi connectivity index (χ0n) is 13.9. The van der Waals surface area contributed by atoms with Crippen molar-refractivity contribution in [3.8, 4) is 5.75 Å². The lowest BCUT2D eigenvalue weighted by atomic mass is 9.84. The normalized spacial score (nSPS) is 16.8. The van der Waals surface area contributed by atoms with Crippen LogP contribution < -0.4 is 15.8 Å². The summed E-state index contributed by atoms with van der Waals surface area (Å²) in [7, 11) is 1.62. The number of carbonyl (C=O) groups is 1. The Balaban J connectivity index is 2.00. The molecule has 1 fully saturated rings. The second kappa shape index (κ2) is 9.53. The molecule has 2 rings (SSSR count). The van der Waals surface area contributed by atoms with Crippen molar-refractivity contribution in [3.05, 3.63) is 29.8 Å². The average molecular weight is 320 g/mol. The molecule has 1 aliphatic rings. The quantitative estimate of drug-likeness (QED) is 0.721. The summed E-state index contributed by atoms with van der Waals surface area (Å²) in [5.41, 5.74) is 6.46. The highest BCUT2D eigenvalue weighted by atomic mass is 16.5. The molecule has 1 saturated carbocycles. The Morgan fingerprint density at radius 2 is 2.00 bits per heavy atom. The number of hydrogen-bond donors (Lipinski definition) is 2. The molecule has 1 atom stereocenters. The lowest BCUT2D eigenvalue weighted by Crippen LogP contribution is -2.46. The summed E-state index contributed by atoms with van der Waals surface area (Å²) >= 11 is 0.